The number of rotatable bonds is 5. The number of aromatic nitrogens is 1. The molecule has 0 radical (unpaired) electrons. The Bertz CT molecular complexity index is 687. The lowest BCUT2D eigenvalue weighted by Gasteiger charge is -2.37. The SMILES string of the molecule is CC.C[C@H](Cc1ccc(C(C)(F)F)cn1)CN1CCC2(C1)CS(=O)(=O)C2. The van der Waals surface area contributed by atoms with Crippen molar-refractivity contribution >= 4 is 9.84 Å². The van der Waals surface area contributed by atoms with Crippen molar-refractivity contribution in [3.05, 3.63) is 29.6 Å². The molecule has 148 valence electrons. The highest BCUT2D eigenvalue weighted by Crippen LogP contribution is 2.41. The first-order valence-electron chi connectivity index (χ1n) is 9.33. The summed E-state index contributed by atoms with van der Waals surface area (Å²) in [4.78, 5) is 6.48. The van der Waals surface area contributed by atoms with Crippen molar-refractivity contribution in [1.82, 2.24) is 9.88 Å². The van der Waals surface area contributed by atoms with Gasteiger partial charge in [-0.3, -0.25) is 4.98 Å². The number of likely N-dealkylation sites (tertiary alicyclic amines) is 1. The Morgan fingerprint density at radius 3 is 2.46 bits per heavy atom. The minimum atomic E-state index is -2.86. The number of sulfone groups is 1. The van der Waals surface area contributed by atoms with Crippen LogP contribution in [0.1, 0.15) is 45.4 Å². The van der Waals surface area contributed by atoms with E-state index in [-0.39, 0.29) is 11.0 Å². The van der Waals surface area contributed by atoms with Crippen LogP contribution in [0.4, 0.5) is 8.78 Å². The third-order valence-electron chi connectivity index (χ3n) is 5.03. The molecule has 2 aliphatic rings. The highest BCUT2D eigenvalue weighted by Gasteiger charge is 2.51. The van der Waals surface area contributed by atoms with Crippen molar-refractivity contribution in [2.75, 3.05) is 31.1 Å². The minimum absolute atomic E-state index is 0.00877. The van der Waals surface area contributed by atoms with Crippen LogP contribution in [-0.4, -0.2) is 49.4 Å². The molecular weight excluding hydrogens is 358 g/mol. The van der Waals surface area contributed by atoms with Crippen LogP contribution in [0.25, 0.3) is 0 Å². The van der Waals surface area contributed by atoms with Gasteiger partial charge in [-0.15, -0.1) is 0 Å². The monoisotopic (exact) mass is 388 g/mol. The second-order valence-corrected chi connectivity index (χ2v) is 9.82. The van der Waals surface area contributed by atoms with E-state index in [9.17, 15) is 17.2 Å². The Hall–Kier alpha value is -1.08. The molecule has 1 atom stereocenters. The molecule has 26 heavy (non-hydrogen) atoms. The van der Waals surface area contributed by atoms with Crippen molar-refractivity contribution in [2.24, 2.45) is 11.3 Å². The van der Waals surface area contributed by atoms with Gasteiger partial charge in [0, 0.05) is 42.9 Å². The molecular formula is C19H30F2N2O2S. The molecule has 7 heteroatoms. The summed E-state index contributed by atoms with van der Waals surface area (Å²) in [5, 5.41) is 0. The maximum atomic E-state index is 13.2. The molecule has 0 aromatic carbocycles. The molecule has 0 saturated carbocycles. The van der Waals surface area contributed by atoms with Gasteiger partial charge < -0.3 is 4.90 Å². The van der Waals surface area contributed by atoms with Gasteiger partial charge in [0.25, 0.3) is 5.92 Å². The van der Waals surface area contributed by atoms with Crippen molar-refractivity contribution < 1.29 is 17.2 Å². The Labute approximate surface area is 155 Å². The van der Waals surface area contributed by atoms with Gasteiger partial charge in [-0.2, -0.15) is 0 Å². The Morgan fingerprint density at radius 2 is 1.96 bits per heavy atom. The van der Waals surface area contributed by atoms with E-state index in [2.05, 4.69) is 16.8 Å². The zero-order valence-corrected chi connectivity index (χ0v) is 17.0. The molecule has 0 amide bonds. The summed E-state index contributed by atoms with van der Waals surface area (Å²) >= 11 is 0. The van der Waals surface area contributed by atoms with Crippen LogP contribution in [0.3, 0.4) is 0 Å². The quantitative estimate of drug-likeness (QED) is 0.774. The van der Waals surface area contributed by atoms with Gasteiger partial charge in [-0.05, 0) is 37.4 Å². The smallest absolute Gasteiger partial charge is 0.272 e. The van der Waals surface area contributed by atoms with E-state index >= 15 is 0 Å². The molecule has 2 saturated heterocycles. The van der Waals surface area contributed by atoms with E-state index in [1.54, 1.807) is 6.07 Å². The fourth-order valence-electron chi connectivity index (χ4n) is 3.98. The van der Waals surface area contributed by atoms with Gasteiger partial charge in [0.1, 0.15) is 0 Å². The molecule has 3 rings (SSSR count). The largest absolute Gasteiger partial charge is 0.302 e. The predicted octanol–water partition coefficient (Wildman–Crippen LogP) is 3.52. The fraction of sp³-hybridized carbons (Fsp3) is 0.737. The Kier molecular flexibility index (Phi) is 6.44. The molecule has 3 heterocycles. The first kappa shape index (κ1) is 21.2. The van der Waals surface area contributed by atoms with E-state index in [1.807, 2.05) is 13.8 Å². The average molecular weight is 389 g/mol. The molecule has 0 aliphatic carbocycles. The summed E-state index contributed by atoms with van der Waals surface area (Å²) in [6.45, 7) is 9.66. The predicted molar refractivity (Wildman–Crippen MR) is 100 cm³/mol. The van der Waals surface area contributed by atoms with E-state index in [1.165, 1.54) is 12.3 Å². The van der Waals surface area contributed by atoms with Crippen molar-refractivity contribution in [1.29, 1.82) is 0 Å². The van der Waals surface area contributed by atoms with Gasteiger partial charge in [-0.1, -0.05) is 20.8 Å². The van der Waals surface area contributed by atoms with Gasteiger partial charge in [0.05, 0.1) is 11.5 Å². The van der Waals surface area contributed by atoms with Crippen LogP contribution >= 0.6 is 0 Å². The molecule has 0 unspecified atom stereocenters. The standard InChI is InChI=1S/C17H24F2N2O2S.C2H6/c1-13(7-15-4-3-14(8-20-15)16(2,18)19)9-21-6-5-17(10-21)11-24(22,23)12-17;1-2/h3-4,8,13H,5-7,9-12H2,1-2H3;1-2H3/t13-;/m1./s1. The Balaban J connectivity index is 0.00000117. The first-order chi connectivity index (χ1) is 12.1. The van der Waals surface area contributed by atoms with Crippen LogP contribution in [0, 0.1) is 11.3 Å². The minimum Gasteiger partial charge on any atom is -0.302 e. The van der Waals surface area contributed by atoms with E-state index in [0.717, 1.165) is 45.1 Å². The molecule has 1 aromatic rings. The third-order valence-corrected chi connectivity index (χ3v) is 7.13. The number of alkyl halides is 2. The van der Waals surface area contributed by atoms with E-state index in [4.69, 9.17) is 0 Å². The van der Waals surface area contributed by atoms with Crippen molar-refractivity contribution in [2.45, 2.75) is 46.5 Å². The Morgan fingerprint density at radius 1 is 1.31 bits per heavy atom. The first-order valence-corrected chi connectivity index (χ1v) is 11.2. The maximum Gasteiger partial charge on any atom is 0.272 e. The zero-order valence-electron chi connectivity index (χ0n) is 16.1. The van der Waals surface area contributed by atoms with Crippen molar-refractivity contribution in [3.63, 3.8) is 0 Å². The van der Waals surface area contributed by atoms with Gasteiger partial charge >= 0.3 is 0 Å². The summed E-state index contributed by atoms with van der Waals surface area (Å²) in [5.41, 5.74) is 0.743. The van der Waals surface area contributed by atoms with Crippen LogP contribution in [0.2, 0.25) is 0 Å². The number of hydrogen-bond donors (Lipinski definition) is 0. The molecule has 1 aromatic heterocycles. The maximum absolute atomic E-state index is 13.2. The summed E-state index contributed by atoms with van der Waals surface area (Å²) in [7, 11) is -2.79. The topological polar surface area (TPSA) is 50.3 Å². The van der Waals surface area contributed by atoms with Crippen LogP contribution < -0.4 is 0 Å². The molecule has 0 N–H and O–H groups in total. The molecule has 2 fully saturated rings. The molecule has 0 bridgehead atoms. The molecule has 1 spiro atoms. The van der Waals surface area contributed by atoms with E-state index < -0.39 is 15.8 Å². The van der Waals surface area contributed by atoms with Gasteiger partial charge in [0.2, 0.25) is 0 Å². The second-order valence-electron chi connectivity index (χ2n) is 7.75. The van der Waals surface area contributed by atoms with Gasteiger partial charge in [-0.25, -0.2) is 17.2 Å². The summed E-state index contributed by atoms with van der Waals surface area (Å²) in [5.74, 6) is -1.85. The summed E-state index contributed by atoms with van der Waals surface area (Å²) in [6, 6.07) is 3.12. The normalized spacial score (nSPS) is 22.4. The average Bonchev–Trinajstić information content (AvgIpc) is 2.90. The lowest BCUT2D eigenvalue weighted by atomic mass is 9.91. The lowest BCUT2D eigenvalue weighted by Crippen LogP contribution is -2.50. The number of hydrogen-bond acceptors (Lipinski definition) is 4. The highest BCUT2D eigenvalue weighted by molar-refractivity contribution is 7.92. The van der Waals surface area contributed by atoms with Crippen LogP contribution in [-0.2, 0) is 22.2 Å². The number of nitrogens with zero attached hydrogens (tertiary/aromatic N) is 2. The van der Waals surface area contributed by atoms with Gasteiger partial charge in [0.15, 0.2) is 9.84 Å². The zero-order chi connectivity index (χ0) is 19.6. The number of pyridine rings is 1. The number of halogens is 2. The summed E-state index contributed by atoms with van der Waals surface area (Å²) in [6.07, 6.45) is 2.95. The van der Waals surface area contributed by atoms with E-state index in [0.29, 0.717) is 17.4 Å². The highest BCUT2D eigenvalue weighted by atomic mass is 32.2. The fourth-order valence-corrected chi connectivity index (χ4v) is 6.23. The third kappa shape index (κ3) is 5.22. The lowest BCUT2D eigenvalue weighted by molar-refractivity contribution is 0.0171. The molecule has 4 nitrogen and oxygen atoms in total. The molecule has 2 aliphatic heterocycles. The second kappa shape index (κ2) is 7.89. The summed E-state index contributed by atoms with van der Waals surface area (Å²) < 4.78 is 49.3. The van der Waals surface area contributed by atoms with Crippen LogP contribution in [0.15, 0.2) is 18.3 Å². The van der Waals surface area contributed by atoms with Crippen molar-refractivity contribution in [3.8, 4) is 0 Å². The van der Waals surface area contributed by atoms with Crippen LogP contribution in [0.5, 0.6) is 0 Å².